The van der Waals surface area contributed by atoms with E-state index >= 15 is 0 Å². The molecular weight excluding hydrogens is 276 g/mol. The zero-order valence-electron chi connectivity index (χ0n) is 12.5. The molecular formula is C18H16N2O2. The number of nitrogens with one attached hydrogen (secondary N) is 1. The van der Waals surface area contributed by atoms with Crippen molar-refractivity contribution in [3.63, 3.8) is 0 Å². The highest BCUT2D eigenvalue weighted by atomic mass is 16.5. The molecule has 1 N–H and O–H groups in total. The minimum absolute atomic E-state index is 0.517. The first-order chi connectivity index (χ1) is 10.8. The molecule has 0 fully saturated rings. The van der Waals surface area contributed by atoms with E-state index in [1.807, 2.05) is 42.5 Å². The van der Waals surface area contributed by atoms with Gasteiger partial charge in [0.2, 0.25) is 0 Å². The molecule has 1 aliphatic rings. The van der Waals surface area contributed by atoms with Crippen LogP contribution in [-0.2, 0) is 6.42 Å². The second kappa shape index (κ2) is 5.82. The van der Waals surface area contributed by atoms with Crippen LogP contribution in [0.3, 0.4) is 0 Å². The van der Waals surface area contributed by atoms with Gasteiger partial charge in [-0.15, -0.1) is 0 Å². The molecule has 1 aliphatic heterocycles. The number of ether oxygens (including phenoxy) is 2. The number of benzene rings is 2. The van der Waals surface area contributed by atoms with Crippen molar-refractivity contribution < 1.29 is 9.47 Å². The van der Waals surface area contributed by atoms with Gasteiger partial charge in [0.1, 0.15) is 11.5 Å². The van der Waals surface area contributed by atoms with Crippen LogP contribution in [0.1, 0.15) is 11.1 Å². The highest BCUT2D eigenvalue weighted by Gasteiger charge is 2.24. The summed E-state index contributed by atoms with van der Waals surface area (Å²) >= 11 is 0. The van der Waals surface area contributed by atoms with Crippen LogP contribution >= 0.6 is 0 Å². The average Bonchev–Trinajstić information content (AvgIpc) is 2.60. The molecule has 0 unspecified atom stereocenters. The molecule has 0 aliphatic carbocycles. The van der Waals surface area contributed by atoms with Gasteiger partial charge in [0.05, 0.1) is 37.2 Å². The van der Waals surface area contributed by atoms with Crippen molar-refractivity contribution >= 4 is 11.4 Å². The number of methoxy groups -OCH3 is 2. The number of rotatable bonds is 3. The molecule has 0 aromatic heterocycles. The normalized spacial score (nSPS) is 13.0. The van der Waals surface area contributed by atoms with Crippen molar-refractivity contribution in [2.24, 2.45) is 0 Å². The molecule has 0 saturated heterocycles. The summed E-state index contributed by atoms with van der Waals surface area (Å²) in [6.45, 7) is 0. The van der Waals surface area contributed by atoms with Crippen LogP contribution < -0.4 is 14.8 Å². The Morgan fingerprint density at radius 1 is 1.00 bits per heavy atom. The predicted molar refractivity (Wildman–Crippen MR) is 85.8 cm³/mol. The Balaban J connectivity index is 2.15. The summed E-state index contributed by atoms with van der Waals surface area (Å²) in [6, 6.07) is 15.9. The molecule has 1 heterocycles. The zero-order chi connectivity index (χ0) is 15.5. The van der Waals surface area contributed by atoms with Crippen LogP contribution in [0, 0.1) is 11.3 Å². The number of hydrogen-bond acceptors (Lipinski definition) is 4. The van der Waals surface area contributed by atoms with Crippen molar-refractivity contribution in [2.45, 2.75) is 6.42 Å². The number of allylic oxidation sites excluding steroid dienone is 1. The van der Waals surface area contributed by atoms with E-state index in [-0.39, 0.29) is 0 Å². The minimum Gasteiger partial charge on any atom is -0.496 e. The number of anilines is 1. The standard InChI is InChI=1S/C18H16N2O2/c1-21-15-8-9-16(22-2)18-14(15)10-13(11-19)17(20-18)12-6-4-3-5-7-12/h3-9,20H,10H2,1-2H3. The van der Waals surface area contributed by atoms with E-state index in [0.717, 1.165) is 34.0 Å². The summed E-state index contributed by atoms with van der Waals surface area (Å²) in [6.07, 6.45) is 0.517. The van der Waals surface area contributed by atoms with Crippen molar-refractivity contribution in [2.75, 3.05) is 19.5 Å². The monoisotopic (exact) mass is 292 g/mol. The van der Waals surface area contributed by atoms with Gasteiger partial charge in [-0.3, -0.25) is 0 Å². The maximum absolute atomic E-state index is 9.52. The van der Waals surface area contributed by atoms with Gasteiger partial charge in [-0.25, -0.2) is 0 Å². The molecule has 22 heavy (non-hydrogen) atoms. The molecule has 4 heteroatoms. The average molecular weight is 292 g/mol. The van der Waals surface area contributed by atoms with E-state index in [1.165, 1.54) is 0 Å². The van der Waals surface area contributed by atoms with Crippen LogP contribution in [0.5, 0.6) is 11.5 Å². The molecule has 0 spiro atoms. The fourth-order valence-electron chi connectivity index (χ4n) is 2.69. The zero-order valence-corrected chi connectivity index (χ0v) is 12.5. The third-order valence-corrected chi connectivity index (χ3v) is 3.77. The van der Waals surface area contributed by atoms with Gasteiger partial charge in [-0.1, -0.05) is 30.3 Å². The first-order valence-corrected chi connectivity index (χ1v) is 6.98. The van der Waals surface area contributed by atoms with E-state index in [2.05, 4.69) is 11.4 Å². The summed E-state index contributed by atoms with van der Waals surface area (Å²) < 4.78 is 10.9. The highest BCUT2D eigenvalue weighted by Crippen LogP contribution is 2.42. The van der Waals surface area contributed by atoms with Crippen molar-refractivity contribution in [3.8, 4) is 17.6 Å². The van der Waals surface area contributed by atoms with Gasteiger partial charge in [0.15, 0.2) is 0 Å². The minimum atomic E-state index is 0.517. The Morgan fingerprint density at radius 3 is 2.32 bits per heavy atom. The predicted octanol–water partition coefficient (Wildman–Crippen LogP) is 3.61. The van der Waals surface area contributed by atoms with Crippen LogP contribution in [-0.4, -0.2) is 14.2 Å². The maximum Gasteiger partial charge on any atom is 0.142 e. The van der Waals surface area contributed by atoms with Gasteiger partial charge in [0.25, 0.3) is 0 Å². The van der Waals surface area contributed by atoms with Gasteiger partial charge in [0, 0.05) is 12.0 Å². The fourth-order valence-corrected chi connectivity index (χ4v) is 2.69. The van der Waals surface area contributed by atoms with Crippen molar-refractivity contribution in [1.29, 1.82) is 5.26 Å². The molecule has 4 nitrogen and oxygen atoms in total. The topological polar surface area (TPSA) is 54.3 Å². The van der Waals surface area contributed by atoms with Gasteiger partial charge in [-0.2, -0.15) is 5.26 Å². The van der Waals surface area contributed by atoms with Crippen LogP contribution in [0.4, 0.5) is 5.69 Å². The third-order valence-electron chi connectivity index (χ3n) is 3.77. The van der Waals surface area contributed by atoms with Crippen LogP contribution in [0.2, 0.25) is 0 Å². The maximum atomic E-state index is 9.52. The third kappa shape index (κ3) is 2.27. The van der Waals surface area contributed by atoms with E-state index in [9.17, 15) is 5.26 Å². The summed E-state index contributed by atoms with van der Waals surface area (Å²) in [7, 11) is 3.26. The second-order valence-corrected chi connectivity index (χ2v) is 4.96. The van der Waals surface area contributed by atoms with Gasteiger partial charge >= 0.3 is 0 Å². The Kier molecular flexibility index (Phi) is 3.71. The molecule has 2 aromatic rings. The largest absolute Gasteiger partial charge is 0.496 e. The molecule has 0 amide bonds. The first-order valence-electron chi connectivity index (χ1n) is 6.98. The molecule has 2 aromatic carbocycles. The Morgan fingerprint density at radius 2 is 1.68 bits per heavy atom. The smallest absolute Gasteiger partial charge is 0.142 e. The Bertz CT molecular complexity index is 774. The number of fused-ring (bicyclic) bond motifs is 1. The van der Waals surface area contributed by atoms with Gasteiger partial charge in [-0.05, 0) is 17.7 Å². The summed E-state index contributed by atoms with van der Waals surface area (Å²) in [4.78, 5) is 0. The lowest BCUT2D eigenvalue weighted by Gasteiger charge is -2.25. The molecule has 3 rings (SSSR count). The number of nitriles is 1. The Hall–Kier alpha value is -2.93. The van der Waals surface area contributed by atoms with E-state index in [0.29, 0.717) is 12.0 Å². The summed E-state index contributed by atoms with van der Waals surface area (Å²) in [5.74, 6) is 1.49. The van der Waals surface area contributed by atoms with E-state index in [1.54, 1.807) is 14.2 Å². The Labute approximate surface area is 129 Å². The number of nitrogens with zero attached hydrogens (tertiary/aromatic N) is 1. The molecule has 0 radical (unpaired) electrons. The lowest BCUT2D eigenvalue weighted by Crippen LogP contribution is -2.14. The first kappa shape index (κ1) is 14.0. The van der Waals surface area contributed by atoms with Gasteiger partial charge < -0.3 is 14.8 Å². The second-order valence-electron chi connectivity index (χ2n) is 4.96. The number of hydrogen-bond donors (Lipinski definition) is 1. The van der Waals surface area contributed by atoms with Crippen LogP contribution in [0.25, 0.3) is 5.70 Å². The lowest BCUT2D eigenvalue weighted by molar-refractivity contribution is 0.401. The highest BCUT2D eigenvalue weighted by molar-refractivity contribution is 5.88. The molecule has 0 atom stereocenters. The van der Waals surface area contributed by atoms with Crippen LogP contribution in [0.15, 0.2) is 48.0 Å². The summed E-state index contributed by atoms with van der Waals surface area (Å²) in [5, 5.41) is 12.9. The van der Waals surface area contributed by atoms with Crippen molar-refractivity contribution in [3.05, 3.63) is 59.2 Å². The summed E-state index contributed by atoms with van der Waals surface area (Å²) in [5.41, 5.74) is 4.29. The van der Waals surface area contributed by atoms with E-state index < -0.39 is 0 Å². The lowest BCUT2D eigenvalue weighted by atomic mass is 9.94. The molecule has 0 bridgehead atoms. The van der Waals surface area contributed by atoms with E-state index in [4.69, 9.17) is 9.47 Å². The molecule has 0 saturated carbocycles. The SMILES string of the molecule is COc1ccc(OC)c2c1CC(C#N)=C(c1ccccc1)N2. The molecule has 110 valence electrons. The fraction of sp³-hybridized carbons (Fsp3) is 0.167. The quantitative estimate of drug-likeness (QED) is 0.939. The van der Waals surface area contributed by atoms with Crippen molar-refractivity contribution in [1.82, 2.24) is 0 Å².